The Labute approximate surface area is 124 Å². The van der Waals surface area contributed by atoms with Crippen LogP contribution in [-0.2, 0) is 4.74 Å². The molecule has 0 saturated heterocycles. The molecule has 4 aliphatic carbocycles. The quantitative estimate of drug-likeness (QED) is 0.838. The smallest absolute Gasteiger partial charge is 0.358 e. The average Bonchev–Trinajstić information content (AvgIpc) is 2.93. The fourth-order valence-electron chi connectivity index (χ4n) is 5.53. The molecule has 1 aromatic heterocycles. The second-order valence-electron chi connectivity index (χ2n) is 7.38. The summed E-state index contributed by atoms with van der Waals surface area (Å²) in [5.41, 5.74) is 0.905. The lowest BCUT2D eigenvalue weighted by Gasteiger charge is -2.58. The van der Waals surface area contributed by atoms with Crippen molar-refractivity contribution in [3.05, 3.63) is 17.5 Å². The number of hydrogen-bond donors (Lipinski definition) is 2. The molecule has 114 valence electrons. The molecule has 0 aromatic carbocycles. The number of hydrogen-bond acceptors (Lipinski definition) is 4. The van der Waals surface area contributed by atoms with Gasteiger partial charge in [-0.25, -0.2) is 4.79 Å². The van der Waals surface area contributed by atoms with Gasteiger partial charge in [-0.3, -0.25) is 5.10 Å². The number of aromatic amines is 1. The van der Waals surface area contributed by atoms with Gasteiger partial charge >= 0.3 is 5.97 Å². The van der Waals surface area contributed by atoms with E-state index in [2.05, 4.69) is 14.9 Å². The van der Waals surface area contributed by atoms with Crippen molar-refractivity contribution < 1.29 is 14.6 Å². The van der Waals surface area contributed by atoms with E-state index in [-0.39, 0.29) is 11.1 Å². The number of nitrogens with zero attached hydrogens (tertiary/aromatic N) is 1. The Balaban J connectivity index is 1.61. The van der Waals surface area contributed by atoms with Crippen LogP contribution in [0.2, 0.25) is 0 Å². The zero-order valence-electron chi connectivity index (χ0n) is 12.3. The van der Waals surface area contributed by atoms with Crippen molar-refractivity contribution in [2.45, 2.75) is 44.6 Å². The molecule has 4 saturated carbocycles. The topological polar surface area (TPSA) is 75.2 Å². The molecule has 0 aliphatic heterocycles. The Morgan fingerprint density at radius 3 is 2.43 bits per heavy atom. The molecule has 1 unspecified atom stereocenters. The first-order valence-electron chi connectivity index (χ1n) is 7.91. The van der Waals surface area contributed by atoms with Gasteiger partial charge in [-0.1, -0.05) is 0 Å². The van der Waals surface area contributed by atoms with Crippen molar-refractivity contribution in [2.24, 2.45) is 23.2 Å². The molecule has 5 nitrogen and oxygen atoms in total. The lowest BCUT2D eigenvalue weighted by Crippen LogP contribution is -2.48. The summed E-state index contributed by atoms with van der Waals surface area (Å²) < 4.78 is 4.68. The summed E-state index contributed by atoms with van der Waals surface area (Å²) in [4.78, 5) is 11.5. The van der Waals surface area contributed by atoms with Crippen LogP contribution in [0.3, 0.4) is 0 Å². The maximum atomic E-state index is 11.5. The summed E-state index contributed by atoms with van der Waals surface area (Å²) in [7, 11) is 1.34. The van der Waals surface area contributed by atoms with Gasteiger partial charge in [-0.15, -0.1) is 0 Å². The minimum Gasteiger partial charge on any atom is -0.464 e. The van der Waals surface area contributed by atoms with E-state index < -0.39 is 12.1 Å². The second kappa shape index (κ2) is 4.57. The van der Waals surface area contributed by atoms with Gasteiger partial charge in [0, 0.05) is 5.41 Å². The SMILES string of the molecule is COC(=O)c1cc(C(O)C23CC4CC(CC(C4)C2)C3)[nH]n1. The zero-order valence-corrected chi connectivity index (χ0v) is 12.3. The van der Waals surface area contributed by atoms with E-state index in [1.54, 1.807) is 6.07 Å². The number of aromatic nitrogens is 2. The highest BCUT2D eigenvalue weighted by Crippen LogP contribution is 2.63. The van der Waals surface area contributed by atoms with E-state index in [0.29, 0.717) is 5.69 Å². The van der Waals surface area contributed by atoms with Gasteiger partial charge in [0.2, 0.25) is 0 Å². The number of carbonyl (C=O) groups is 1. The Hall–Kier alpha value is -1.36. The summed E-state index contributed by atoms with van der Waals surface area (Å²) in [6.07, 6.45) is 6.86. The van der Waals surface area contributed by atoms with Crippen molar-refractivity contribution in [3.63, 3.8) is 0 Å². The van der Waals surface area contributed by atoms with Crippen molar-refractivity contribution >= 4 is 5.97 Å². The fourth-order valence-corrected chi connectivity index (χ4v) is 5.53. The molecule has 0 spiro atoms. The summed E-state index contributed by atoms with van der Waals surface area (Å²) in [5, 5.41) is 17.8. The van der Waals surface area contributed by atoms with Gasteiger partial charge in [0.05, 0.1) is 12.8 Å². The van der Waals surface area contributed by atoms with Gasteiger partial charge < -0.3 is 9.84 Å². The fraction of sp³-hybridized carbons (Fsp3) is 0.750. The van der Waals surface area contributed by atoms with E-state index in [4.69, 9.17) is 0 Å². The van der Waals surface area contributed by atoms with Gasteiger partial charge in [0.1, 0.15) is 6.10 Å². The number of aliphatic hydroxyl groups excluding tert-OH is 1. The molecule has 0 amide bonds. The van der Waals surface area contributed by atoms with Crippen LogP contribution in [0.4, 0.5) is 0 Å². The van der Waals surface area contributed by atoms with Crippen LogP contribution in [-0.4, -0.2) is 28.4 Å². The second-order valence-corrected chi connectivity index (χ2v) is 7.38. The first kappa shape index (κ1) is 13.3. The molecule has 5 heteroatoms. The largest absolute Gasteiger partial charge is 0.464 e. The zero-order chi connectivity index (χ0) is 14.6. The van der Waals surface area contributed by atoms with Crippen molar-refractivity contribution in [1.29, 1.82) is 0 Å². The molecule has 21 heavy (non-hydrogen) atoms. The maximum Gasteiger partial charge on any atom is 0.358 e. The number of aliphatic hydroxyl groups is 1. The summed E-state index contributed by atoms with van der Waals surface area (Å²) >= 11 is 0. The number of esters is 1. The molecule has 1 aromatic rings. The minimum atomic E-state index is -0.545. The highest BCUT2D eigenvalue weighted by Gasteiger charge is 2.54. The predicted molar refractivity (Wildman–Crippen MR) is 75.5 cm³/mol. The lowest BCUT2D eigenvalue weighted by molar-refractivity contribution is -0.123. The standard InChI is InChI=1S/C16H22N2O3/c1-21-15(20)13-5-12(17-18-13)14(19)16-6-9-2-10(7-16)4-11(3-9)8-16/h5,9-11,14,19H,2-4,6-8H2,1H3,(H,17,18). The molecule has 0 radical (unpaired) electrons. The Bertz CT molecular complexity index is 530. The first-order valence-corrected chi connectivity index (χ1v) is 7.91. The lowest BCUT2D eigenvalue weighted by atomic mass is 9.48. The molecular formula is C16H22N2O3. The monoisotopic (exact) mass is 290 g/mol. The molecule has 2 N–H and O–H groups in total. The van der Waals surface area contributed by atoms with Crippen LogP contribution in [0.1, 0.15) is 60.8 Å². The van der Waals surface area contributed by atoms with Gasteiger partial charge in [0.15, 0.2) is 5.69 Å². The van der Waals surface area contributed by atoms with E-state index in [9.17, 15) is 9.90 Å². The molecule has 4 bridgehead atoms. The number of ether oxygens (including phenoxy) is 1. The molecule has 1 atom stereocenters. The van der Waals surface area contributed by atoms with E-state index in [0.717, 1.165) is 37.0 Å². The van der Waals surface area contributed by atoms with Crippen LogP contribution in [0, 0.1) is 23.2 Å². The van der Waals surface area contributed by atoms with Crippen LogP contribution in [0.25, 0.3) is 0 Å². The van der Waals surface area contributed by atoms with E-state index in [1.807, 2.05) is 0 Å². The third kappa shape index (κ3) is 2.01. The Morgan fingerprint density at radius 1 is 1.33 bits per heavy atom. The molecule has 1 heterocycles. The molecule has 5 rings (SSSR count). The number of rotatable bonds is 3. The van der Waals surface area contributed by atoms with Crippen LogP contribution in [0.5, 0.6) is 0 Å². The van der Waals surface area contributed by atoms with Crippen LogP contribution in [0.15, 0.2) is 6.07 Å². The number of nitrogens with one attached hydrogen (secondary N) is 1. The molecular weight excluding hydrogens is 268 g/mol. The summed E-state index contributed by atoms with van der Waals surface area (Å²) in [5.74, 6) is 1.90. The van der Waals surface area contributed by atoms with Crippen molar-refractivity contribution in [3.8, 4) is 0 Å². The van der Waals surface area contributed by atoms with Gasteiger partial charge in [0.25, 0.3) is 0 Å². The third-order valence-electron chi connectivity index (χ3n) is 5.95. The van der Waals surface area contributed by atoms with Crippen molar-refractivity contribution in [1.82, 2.24) is 10.2 Å². The summed E-state index contributed by atoms with van der Waals surface area (Å²) in [6.45, 7) is 0. The van der Waals surface area contributed by atoms with Crippen LogP contribution < -0.4 is 0 Å². The van der Waals surface area contributed by atoms with E-state index >= 15 is 0 Å². The highest BCUT2D eigenvalue weighted by molar-refractivity contribution is 5.87. The highest BCUT2D eigenvalue weighted by atomic mass is 16.5. The first-order chi connectivity index (χ1) is 10.1. The number of H-pyrrole nitrogens is 1. The molecule has 4 aliphatic rings. The van der Waals surface area contributed by atoms with Gasteiger partial charge in [-0.05, 0) is 62.3 Å². The Kier molecular flexibility index (Phi) is 2.89. The third-order valence-corrected chi connectivity index (χ3v) is 5.95. The average molecular weight is 290 g/mol. The van der Waals surface area contributed by atoms with Crippen LogP contribution >= 0.6 is 0 Å². The van der Waals surface area contributed by atoms with Crippen molar-refractivity contribution in [2.75, 3.05) is 7.11 Å². The maximum absolute atomic E-state index is 11.5. The number of methoxy groups -OCH3 is 1. The Morgan fingerprint density at radius 2 is 1.90 bits per heavy atom. The van der Waals surface area contributed by atoms with E-state index in [1.165, 1.54) is 26.4 Å². The summed E-state index contributed by atoms with van der Waals surface area (Å²) in [6, 6.07) is 1.65. The normalized spacial score (nSPS) is 38.5. The predicted octanol–water partition coefficient (Wildman–Crippen LogP) is 2.45. The number of carbonyl (C=O) groups excluding carboxylic acids is 1. The van der Waals surface area contributed by atoms with Gasteiger partial charge in [-0.2, -0.15) is 5.10 Å². The molecule has 4 fully saturated rings. The minimum absolute atomic E-state index is 0.00528.